The highest BCUT2D eigenvalue weighted by Gasteiger charge is 2.40. The van der Waals surface area contributed by atoms with Crippen molar-refractivity contribution in [1.82, 2.24) is 5.32 Å². The number of hydrogen-bond acceptors (Lipinski definition) is 3. The first-order valence-electron chi connectivity index (χ1n) is 7.12. The van der Waals surface area contributed by atoms with E-state index in [4.69, 9.17) is 10.5 Å². The van der Waals surface area contributed by atoms with Crippen LogP contribution in [0.25, 0.3) is 0 Å². The Morgan fingerprint density at radius 1 is 1.39 bits per heavy atom. The zero-order chi connectivity index (χ0) is 13.6. The summed E-state index contributed by atoms with van der Waals surface area (Å²) in [5, 5.41) is 3.17. The molecule has 1 atom stereocenters. The van der Waals surface area contributed by atoms with Gasteiger partial charge in [-0.05, 0) is 26.2 Å². The number of carbonyl (C=O) groups excluding carboxylic acids is 1. The predicted molar refractivity (Wildman–Crippen MR) is 73.3 cm³/mol. The summed E-state index contributed by atoms with van der Waals surface area (Å²) in [5.74, 6) is 0.113. The fourth-order valence-electron chi connectivity index (χ4n) is 2.78. The highest BCUT2D eigenvalue weighted by Crippen LogP contribution is 2.30. The second-order valence-electron chi connectivity index (χ2n) is 5.80. The van der Waals surface area contributed by atoms with Gasteiger partial charge in [-0.25, -0.2) is 0 Å². The first kappa shape index (κ1) is 15.4. The van der Waals surface area contributed by atoms with Crippen molar-refractivity contribution in [3.8, 4) is 0 Å². The van der Waals surface area contributed by atoms with Crippen LogP contribution in [0, 0.1) is 5.41 Å². The summed E-state index contributed by atoms with van der Waals surface area (Å²) in [7, 11) is 0. The zero-order valence-corrected chi connectivity index (χ0v) is 12.1. The lowest BCUT2D eigenvalue weighted by Crippen LogP contribution is -2.54. The SMILES string of the molecule is CCCC(CN)(CCC)C(=O)NC1(C)CCOC1. The number of carbonyl (C=O) groups is 1. The van der Waals surface area contributed by atoms with Gasteiger partial charge in [0.25, 0.3) is 0 Å². The molecular formula is C14H28N2O2. The van der Waals surface area contributed by atoms with Gasteiger partial charge in [-0.3, -0.25) is 4.79 Å². The topological polar surface area (TPSA) is 64.4 Å². The minimum atomic E-state index is -0.394. The zero-order valence-electron chi connectivity index (χ0n) is 12.1. The maximum atomic E-state index is 12.6. The third-order valence-corrected chi connectivity index (χ3v) is 3.96. The molecule has 0 aromatic heterocycles. The Labute approximate surface area is 111 Å². The number of hydrogen-bond donors (Lipinski definition) is 2. The van der Waals surface area contributed by atoms with Crippen LogP contribution in [-0.2, 0) is 9.53 Å². The van der Waals surface area contributed by atoms with Crippen molar-refractivity contribution in [3.05, 3.63) is 0 Å². The van der Waals surface area contributed by atoms with E-state index in [-0.39, 0.29) is 11.4 Å². The maximum Gasteiger partial charge on any atom is 0.227 e. The molecule has 1 unspecified atom stereocenters. The molecule has 1 aliphatic heterocycles. The molecule has 4 nitrogen and oxygen atoms in total. The van der Waals surface area contributed by atoms with Crippen molar-refractivity contribution in [2.45, 2.75) is 58.4 Å². The third kappa shape index (κ3) is 3.45. The van der Waals surface area contributed by atoms with E-state index in [1.165, 1.54) is 0 Å². The summed E-state index contributed by atoms with van der Waals surface area (Å²) in [6, 6.07) is 0. The van der Waals surface area contributed by atoms with Crippen LogP contribution in [0.5, 0.6) is 0 Å². The summed E-state index contributed by atoms with van der Waals surface area (Å²) in [5.41, 5.74) is 5.30. The van der Waals surface area contributed by atoms with Crippen LogP contribution in [0.3, 0.4) is 0 Å². The van der Waals surface area contributed by atoms with Gasteiger partial charge in [-0.2, -0.15) is 0 Å². The number of nitrogens with one attached hydrogen (secondary N) is 1. The van der Waals surface area contributed by atoms with Crippen LogP contribution < -0.4 is 11.1 Å². The van der Waals surface area contributed by atoms with Gasteiger partial charge >= 0.3 is 0 Å². The quantitative estimate of drug-likeness (QED) is 0.730. The van der Waals surface area contributed by atoms with Crippen molar-refractivity contribution in [1.29, 1.82) is 0 Å². The highest BCUT2D eigenvalue weighted by molar-refractivity contribution is 5.83. The van der Waals surface area contributed by atoms with Gasteiger partial charge in [-0.15, -0.1) is 0 Å². The Bertz CT molecular complexity index is 267. The van der Waals surface area contributed by atoms with Crippen LogP contribution in [-0.4, -0.2) is 31.2 Å². The van der Waals surface area contributed by atoms with Crippen molar-refractivity contribution in [3.63, 3.8) is 0 Å². The fourth-order valence-corrected chi connectivity index (χ4v) is 2.78. The average Bonchev–Trinajstić information content (AvgIpc) is 2.75. The molecule has 0 bridgehead atoms. The van der Waals surface area contributed by atoms with E-state index in [0.29, 0.717) is 13.2 Å². The molecule has 0 aromatic carbocycles. The monoisotopic (exact) mass is 256 g/mol. The van der Waals surface area contributed by atoms with Gasteiger partial charge in [0.2, 0.25) is 5.91 Å². The summed E-state index contributed by atoms with van der Waals surface area (Å²) >= 11 is 0. The molecule has 1 fully saturated rings. The van der Waals surface area contributed by atoms with Gasteiger partial charge in [0.15, 0.2) is 0 Å². The van der Waals surface area contributed by atoms with Crippen molar-refractivity contribution < 1.29 is 9.53 Å². The Balaban J connectivity index is 2.74. The summed E-state index contributed by atoms with van der Waals surface area (Å²) < 4.78 is 5.38. The Morgan fingerprint density at radius 3 is 2.39 bits per heavy atom. The maximum absolute atomic E-state index is 12.6. The van der Waals surface area contributed by atoms with Crippen LogP contribution >= 0.6 is 0 Å². The summed E-state index contributed by atoms with van der Waals surface area (Å²) in [6.45, 7) is 8.03. The van der Waals surface area contributed by atoms with Gasteiger partial charge in [0.05, 0.1) is 17.6 Å². The average molecular weight is 256 g/mol. The van der Waals surface area contributed by atoms with E-state index in [9.17, 15) is 4.79 Å². The lowest BCUT2D eigenvalue weighted by molar-refractivity contribution is -0.133. The lowest BCUT2D eigenvalue weighted by atomic mass is 9.77. The largest absolute Gasteiger partial charge is 0.379 e. The molecule has 0 radical (unpaired) electrons. The molecule has 1 saturated heterocycles. The van der Waals surface area contributed by atoms with E-state index in [1.807, 2.05) is 0 Å². The van der Waals surface area contributed by atoms with Crippen molar-refractivity contribution in [2.24, 2.45) is 11.1 Å². The Kier molecular flexibility index (Phi) is 5.60. The van der Waals surface area contributed by atoms with Crippen LogP contribution in [0.1, 0.15) is 52.9 Å². The molecule has 0 spiro atoms. The summed E-state index contributed by atoms with van der Waals surface area (Å²) in [6.07, 6.45) is 4.58. The van der Waals surface area contributed by atoms with Gasteiger partial charge in [0.1, 0.15) is 0 Å². The van der Waals surface area contributed by atoms with E-state index in [1.54, 1.807) is 0 Å². The second-order valence-corrected chi connectivity index (χ2v) is 5.80. The van der Waals surface area contributed by atoms with Crippen LogP contribution in [0.2, 0.25) is 0 Å². The molecule has 0 aromatic rings. The summed E-state index contributed by atoms with van der Waals surface area (Å²) in [4.78, 5) is 12.6. The molecule has 18 heavy (non-hydrogen) atoms. The van der Waals surface area contributed by atoms with E-state index in [2.05, 4.69) is 26.1 Å². The van der Waals surface area contributed by atoms with E-state index in [0.717, 1.165) is 38.7 Å². The Morgan fingerprint density at radius 2 is 2.00 bits per heavy atom. The Hall–Kier alpha value is -0.610. The molecule has 106 valence electrons. The molecule has 3 N–H and O–H groups in total. The van der Waals surface area contributed by atoms with Crippen molar-refractivity contribution >= 4 is 5.91 Å². The molecular weight excluding hydrogens is 228 g/mol. The molecule has 1 rings (SSSR count). The smallest absolute Gasteiger partial charge is 0.227 e. The molecule has 4 heteroatoms. The highest BCUT2D eigenvalue weighted by atomic mass is 16.5. The standard InChI is InChI=1S/C14H28N2O2/c1-4-6-14(10-15,7-5-2)12(17)16-13(3)8-9-18-11-13/h4-11,15H2,1-3H3,(H,16,17). The number of nitrogens with two attached hydrogens (primary N) is 1. The molecule has 0 aliphatic carbocycles. The molecule has 0 saturated carbocycles. The molecule has 1 amide bonds. The number of ether oxygens (including phenoxy) is 1. The van der Waals surface area contributed by atoms with E-state index < -0.39 is 5.41 Å². The normalized spacial score (nSPS) is 24.2. The molecule has 1 heterocycles. The second kappa shape index (κ2) is 6.53. The van der Waals surface area contributed by atoms with Crippen LogP contribution in [0.15, 0.2) is 0 Å². The van der Waals surface area contributed by atoms with E-state index >= 15 is 0 Å². The first-order chi connectivity index (χ1) is 8.52. The third-order valence-electron chi connectivity index (χ3n) is 3.96. The van der Waals surface area contributed by atoms with Gasteiger partial charge in [-0.1, -0.05) is 26.7 Å². The first-order valence-corrected chi connectivity index (χ1v) is 7.12. The fraction of sp³-hybridized carbons (Fsp3) is 0.929. The predicted octanol–water partition coefficient (Wildman–Crippen LogP) is 1.83. The minimum absolute atomic E-state index is 0.113. The van der Waals surface area contributed by atoms with Gasteiger partial charge < -0.3 is 15.8 Å². The lowest BCUT2D eigenvalue weighted by Gasteiger charge is -2.35. The van der Waals surface area contributed by atoms with Crippen molar-refractivity contribution in [2.75, 3.05) is 19.8 Å². The minimum Gasteiger partial charge on any atom is -0.379 e. The molecule has 1 aliphatic rings. The number of amides is 1. The van der Waals surface area contributed by atoms with Crippen LogP contribution in [0.4, 0.5) is 0 Å². The van der Waals surface area contributed by atoms with Gasteiger partial charge in [0, 0.05) is 13.2 Å². The number of rotatable bonds is 7.